The van der Waals surface area contributed by atoms with Crippen LogP contribution < -0.4 is 4.72 Å². The molecular weight excluding hydrogens is 258 g/mol. The van der Waals surface area contributed by atoms with Gasteiger partial charge in [0, 0.05) is 6.54 Å². The van der Waals surface area contributed by atoms with Gasteiger partial charge in [-0.15, -0.1) is 0 Å². The van der Waals surface area contributed by atoms with Crippen LogP contribution in [-0.2, 0) is 14.8 Å². The molecule has 2 rings (SSSR count). The lowest BCUT2D eigenvalue weighted by Crippen LogP contribution is -2.26. The van der Waals surface area contributed by atoms with E-state index in [2.05, 4.69) is 14.7 Å². The average molecular weight is 269 g/mol. The maximum absolute atomic E-state index is 11.8. The SMILES string of the molecule is O=C(O)CCNS(=O)(=O)c1ccc2nc[nH]c2c1. The van der Waals surface area contributed by atoms with Gasteiger partial charge >= 0.3 is 5.97 Å². The number of nitrogens with one attached hydrogen (secondary N) is 2. The van der Waals surface area contributed by atoms with Crippen LogP contribution in [0.4, 0.5) is 0 Å². The number of carboxylic acids is 1. The number of imidazole rings is 1. The third-order valence-corrected chi connectivity index (χ3v) is 3.79. The van der Waals surface area contributed by atoms with Crippen molar-refractivity contribution in [3.63, 3.8) is 0 Å². The standard InChI is InChI=1S/C10H11N3O4S/c14-10(15)3-4-13-18(16,17)7-1-2-8-9(5-7)12-6-11-8/h1-2,5-6,13H,3-4H2,(H,11,12)(H,14,15). The van der Waals surface area contributed by atoms with E-state index in [9.17, 15) is 13.2 Å². The number of carboxylic acid groups (broad SMARTS) is 1. The Labute approximate surface area is 103 Å². The Balaban J connectivity index is 2.20. The molecule has 0 aliphatic heterocycles. The number of aromatic amines is 1. The van der Waals surface area contributed by atoms with Crippen molar-refractivity contribution < 1.29 is 18.3 Å². The van der Waals surface area contributed by atoms with Crippen LogP contribution in [-0.4, -0.2) is 36.0 Å². The number of aliphatic carboxylic acids is 1. The quantitative estimate of drug-likeness (QED) is 0.723. The van der Waals surface area contributed by atoms with E-state index < -0.39 is 16.0 Å². The van der Waals surface area contributed by atoms with Gasteiger partial charge in [-0.3, -0.25) is 4.79 Å². The van der Waals surface area contributed by atoms with E-state index in [4.69, 9.17) is 5.11 Å². The van der Waals surface area contributed by atoms with E-state index in [-0.39, 0.29) is 17.9 Å². The number of hydrogen-bond acceptors (Lipinski definition) is 4. The predicted octanol–water partition coefficient (Wildman–Crippen LogP) is 0.316. The Hall–Kier alpha value is -1.93. The van der Waals surface area contributed by atoms with E-state index >= 15 is 0 Å². The zero-order chi connectivity index (χ0) is 13.2. The molecular formula is C10H11N3O4S. The van der Waals surface area contributed by atoms with Gasteiger partial charge in [0.25, 0.3) is 0 Å². The second kappa shape index (κ2) is 4.75. The zero-order valence-corrected chi connectivity index (χ0v) is 10.1. The first kappa shape index (κ1) is 12.5. The van der Waals surface area contributed by atoms with E-state index in [1.807, 2.05) is 0 Å². The summed E-state index contributed by atoms with van der Waals surface area (Å²) in [5.74, 6) is -1.05. The lowest BCUT2D eigenvalue weighted by atomic mass is 10.3. The molecule has 0 aliphatic carbocycles. The maximum Gasteiger partial charge on any atom is 0.304 e. The van der Waals surface area contributed by atoms with Crippen LogP contribution in [0.25, 0.3) is 11.0 Å². The summed E-state index contributed by atoms with van der Waals surface area (Å²) in [5.41, 5.74) is 1.27. The molecule has 0 bridgehead atoms. The number of aromatic nitrogens is 2. The van der Waals surface area contributed by atoms with Gasteiger partial charge in [0.1, 0.15) is 0 Å². The highest BCUT2D eigenvalue weighted by Crippen LogP contribution is 2.15. The van der Waals surface area contributed by atoms with Gasteiger partial charge in [0.05, 0.1) is 28.7 Å². The average Bonchev–Trinajstić information content (AvgIpc) is 2.74. The number of sulfonamides is 1. The highest BCUT2D eigenvalue weighted by Gasteiger charge is 2.14. The van der Waals surface area contributed by atoms with E-state index in [0.29, 0.717) is 11.0 Å². The predicted molar refractivity (Wildman–Crippen MR) is 63.5 cm³/mol. The Morgan fingerprint density at radius 1 is 1.44 bits per heavy atom. The molecule has 7 nitrogen and oxygen atoms in total. The molecule has 96 valence electrons. The Bertz CT molecular complexity index is 677. The van der Waals surface area contributed by atoms with E-state index in [1.165, 1.54) is 18.5 Å². The van der Waals surface area contributed by atoms with Crippen molar-refractivity contribution in [1.82, 2.24) is 14.7 Å². The summed E-state index contributed by atoms with van der Waals surface area (Å²) in [5, 5.41) is 8.45. The number of hydrogen-bond donors (Lipinski definition) is 3. The molecule has 0 aliphatic rings. The summed E-state index contributed by atoms with van der Waals surface area (Å²) in [6.07, 6.45) is 1.21. The minimum Gasteiger partial charge on any atom is -0.481 e. The lowest BCUT2D eigenvalue weighted by molar-refractivity contribution is -0.136. The lowest BCUT2D eigenvalue weighted by Gasteiger charge is -2.05. The number of H-pyrrole nitrogens is 1. The third kappa shape index (κ3) is 2.66. The second-order valence-corrected chi connectivity index (χ2v) is 5.39. The van der Waals surface area contributed by atoms with Crippen molar-refractivity contribution in [2.75, 3.05) is 6.54 Å². The highest BCUT2D eigenvalue weighted by atomic mass is 32.2. The van der Waals surface area contributed by atoms with Crippen LogP contribution in [0.2, 0.25) is 0 Å². The fraction of sp³-hybridized carbons (Fsp3) is 0.200. The molecule has 3 N–H and O–H groups in total. The number of carbonyl (C=O) groups is 1. The monoisotopic (exact) mass is 269 g/mol. The number of fused-ring (bicyclic) bond motifs is 1. The minimum absolute atomic E-state index is 0.0737. The summed E-state index contributed by atoms with van der Waals surface area (Å²) in [6, 6.07) is 4.45. The molecule has 0 fully saturated rings. The molecule has 0 amide bonds. The first-order valence-corrected chi connectivity index (χ1v) is 6.62. The van der Waals surface area contributed by atoms with E-state index in [0.717, 1.165) is 0 Å². The van der Waals surface area contributed by atoms with Crippen LogP contribution in [0.1, 0.15) is 6.42 Å². The molecule has 0 radical (unpaired) electrons. The molecule has 0 saturated carbocycles. The maximum atomic E-state index is 11.8. The van der Waals surface area contributed by atoms with Crippen molar-refractivity contribution >= 4 is 27.0 Å². The third-order valence-electron chi connectivity index (χ3n) is 2.33. The van der Waals surface area contributed by atoms with Crippen LogP contribution in [0, 0.1) is 0 Å². The number of nitrogens with zero attached hydrogens (tertiary/aromatic N) is 1. The first-order chi connectivity index (χ1) is 8.49. The van der Waals surface area contributed by atoms with Gasteiger partial charge in [-0.1, -0.05) is 0 Å². The molecule has 0 atom stereocenters. The minimum atomic E-state index is -3.69. The molecule has 18 heavy (non-hydrogen) atoms. The van der Waals surface area contributed by atoms with Crippen LogP contribution in [0.5, 0.6) is 0 Å². The summed E-state index contributed by atoms with van der Waals surface area (Å²) in [7, 11) is -3.69. The largest absolute Gasteiger partial charge is 0.481 e. The van der Waals surface area contributed by atoms with Gasteiger partial charge < -0.3 is 10.1 Å². The van der Waals surface area contributed by atoms with Crippen LogP contribution >= 0.6 is 0 Å². The van der Waals surface area contributed by atoms with Crippen molar-refractivity contribution in [3.05, 3.63) is 24.5 Å². The van der Waals surface area contributed by atoms with Crippen LogP contribution in [0.15, 0.2) is 29.4 Å². The van der Waals surface area contributed by atoms with Crippen molar-refractivity contribution in [1.29, 1.82) is 0 Å². The van der Waals surface area contributed by atoms with Crippen molar-refractivity contribution in [3.8, 4) is 0 Å². The molecule has 8 heteroatoms. The first-order valence-electron chi connectivity index (χ1n) is 5.13. The fourth-order valence-electron chi connectivity index (χ4n) is 1.46. The smallest absolute Gasteiger partial charge is 0.304 e. The van der Waals surface area contributed by atoms with Gasteiger partial charge in [-0.25, -0.2) is 18.1 Å². The molecule has 1 aromatic carbocycles. The molecule has 1 aromatic heterocycles. The van der Waals surface area contributed by atoms with Crippen molar-refractivity contribution in [2.24, 2.45) is 0 Å². The highest BCUT2D eigenvalue weighted by molar-refractivity contribution is 7.89. The molecule has 0 saturated heterocycles. The molecule has 2 aromatic rings. The molecule has 0 unspecified atom stereocenters. The summed E-state index contributed by atoms with van der Waals surface area (Å²) in [4.78, 5) is 17.2. The van der Waals surface area contributed by atoms with Gasteiger partial charge in [0.15, 0.2) is 0 Å². The van der Waals surface area contributed by atoms with Gasteiger partial charge in [-0.05, 0) is 18.2 Å². The molecule has 1 heterocycles. The summed E-state index contributed by atoms with van der Waals surface area (Å²) >= 11 is 0. The van der Waals surface area contributed by atoms with E-state index in [1.54, 1.807) is 6.07 Å². The Morgan fingerprint density at radius 2 is 2.22 bits per heavy atom. The Morgan fingerprint density at radius 3 is 2.94 bits per heavy atom. The van der Waals surface area contributed by atoms with Gasteiger partial charge in [0.2, 0.25) is 10.0 Å². The summed E-state index contributed by atoms with van der Waals surface area (Å²) in [6.45, 7) is -0.140. The topological polar surface area (TPSA) is 112 Å². The van der Waals surface area contributed by atoms with Crippen LogP contribution in [0.3, 0.4) is 0 Å². The number of benzene rings is 1. The Kier molecular flexibility index (Phi) is 3.30. The fourth-order valence-corrected chi connectivity index (χ4v) is 2.52. The summed E-state index contributed by atoms with van der Waals surface area (Å²) < 4.78 is 25.9. The normalized spacial score (nSPS) is 11.8. The van der Waals surface area contributed by atoms with Gasteiger partial charge in [-0.2, -0.15) is 0 Å². The molecule has 0 spiro atoms. The van der Waals surface area contributed by atoms with Crippen molar-refractivity contribution in [2.45, 2.75) is 11.3 Å². The number of rotatable bonds is 5. The zero-order valence-electron chi connectivity index (χ0n) is 9.25. The second-order valence-electron chi connectivity index (χ2n) is 3.62.